The van der Waals surface area contributed by atoms with E-state index in [1.54, 1.807) is 12.1 Å². The number of fused-ring (bicyclic) bond motifs is 2. The number of hydrogen-bond acceptors (Lipinski definition) is 9. The van der Waals surface area contributed by atoms with Crippen molar-refractivity contribution in [3.63, 3.8) is 0 Å². The molecule has 3 aliphatic rings. The number of hydrogen-bond donors (Lipinski definition) is 5. The summed E-state index contributed by atoms with van der Waals surface area (Å²) in [5.41, 5.74) is 1.75. The summed E-state index contributed by atoms with van der Waals surface area (Å²) in [4.78, 5) is 58.7. The number of carboxylic acids is 3. The number of carbonyl (C=O) groups is 5. The molecule has 1 saturated carbocycles. The van der Waals surface area contributed by atoms with E-state index in [9.17, 15) is 29.1 Å². The molecule has 0 radical (unpaired) electrons. The lowest BCUT2D eigenvalue weighted by atomic mass is 9.72. The van der Waals surface area contributed by atoms with Crippen molar-refractivity contribution >= 4 is 40.6 Å². The van der Waals surface area contributed by atoms with Crippen LogP contribution in [-0.4, -0.2) is 96.0 Å². The van der Waals surface area contributed by atoms with Gasteiger partial charge in [-0.2, -0.15) is 0 Å². The standard InChI is InChI=1S/C30H34N2O4.C6H8O7/c1-2-11-31-17-22(30(35)36-18-28(34)20-5-3-6-23(33)12-20)13-25-24-7-4-8-26-29(24)21(14-27(25)31)16-32(26)15-19-9-10-19;7-3(8)1-6(13,5(11)12)2-4(9)10/h3-8,12,16,19,22,25,27,33H,2,9-11,13-15,17-18H2,1H3;13H,1-2H2,(H,7,8)(H,9,10)(H,11,12)/t22-,25-,27-;/m1./s1. The molecule has 13 nitrogen and oxygen atoms in total. The van der Waals surface area contributed by atoms with Crippen LogP contribution >= 0.6 is 0 Å². The highest BCUT2D eigenvalue weighted by atomic mass is 16.5. The van der Waals surface area contributed by atoms with Crippen LogP contribution in [0.15, 0.2) is 48.7 Å². The number of carboxylic acid groups (broad SMARTS) is 3. The number of aliphatic hydroxyl groups is 1. The predicted molar refractivity (Wildman–Crippen MR) is 175 cm³/mol. The fourth-order valence-corrected chi connectivity index (χ4v) is 7.15. The average Bonchev–Trinajstić information content (AvgIpc) is 3.80. The molecule has 3 aromatic rings. The Bertz CT molecular complexity index is 1730. The Morgan fingerprint density at radius 1 is 0.980 bits per heavy atom. The highest BCUT2D eigenvalue weighted by molar-refractivity contribution is 5.98. The Labute approximate surface area is 282 Å². The molecule has 49 heavy (non-hydrogen) atoms. The van der Waals surface area contributed by atoms with Crippen molar-refractivity contribution in [3.05, 3.63) is 65.4 Å². The molecule has 1 saturated heterocycles. The first-order valence-corrected chi connectivity index (χ1v) is 16.5. The van der Waals surface area contributed by atoms with Crippen molar-refractivity contribution < 1.29 is 54.2 Å². The van der Waals surface area contributed by atoms with E-state index >= 15 is 0 Å². The van der Waals surface area contributed by atoms with Gasteiger partial charge in [0.2, 0.25) is 0 Å². The third-order valence-corrected chi connectivity index (χ3v) is 9.57. The number of carbonyl (C=O) groups excluding carboxylic acids is 2. The van der Waals surface area contributed by atoms with Gasteiger partial charge in [-0.3, -0.25) is 24.1 Å². The Balaban J connectivity index is 0.000000308. The number of aromatic nitrogens is 1. The smallest absolute Gasteiger partial charge is 0.336 e. The molecule has 13 heteroatoms. The molecule has 1 aliphatic heterocycles. The van der Waals surface area contributed by atoms with E-state index in [0.717, 1.165) is 38.3 Å². The molecular weight excluding hydrogens is 636 g/mol. The van der Waals surface area contributed by atoms with Crippen LogP contribution in [0.1, 0.15) is 72.9 Å². The van der Waals surface area contributed by atoms with Crippen molar-refractivity contribution in [2.24, 2.45) is 11.8 Å². The van der Waals surface area contributed by atoms with Crippen LogP contribution in [0.5, 0.6) is 5.75 Å². The third kappa shape index (κ3) is 8.28. The Hall–Kier alpha value is -4.75. The minimum Gasteiger partial charge on any atom is -0.508 e. The van der Waals surface area contributed by atoms with Gasteiger partial charge >= 0.3 is 23.9 Å². The molecule has 6 rings (SSSR count). The molecule has 2 heterocycles. The fraction of sp³-hybridized carbons (Fsp3) is 0.472. The SMILES string of the molecule is CCCN1C[C@H](C(=O)OCC(=O)c2cccc(O)c2)C[C@@H]2c3cccc4c3c(cn4CC3CC3)C[C@H]21.O=C(O)CC(O)(CC(=O)O)C(=O)O. The molecule has 5 N–H and O–H groups in total. The van der Waals surface area contributed by atoms with E-state index in [2.05, 4.69) is 40.8 Å². The number of phenols is 1. The number of benzene rings is 2. The van der Waals surface area contributed by atoms with Gasteiger partial charge in [-0.15, -0.1) is 0 Å². The topological polar surface area (TPSA) is 204 Å². The number of esters is 1. The Morgan fingerprint density at radius 3 is 2.29 bits per heavy atom. The normalized spacial score (nSPS) is 20.1. The lowest BCUT2D eigenvalue weighted by Crippen LogP contribution is -2.52. The average molecular weight is 679 g/mol. The number of rotatable bonds is 13. The van der Waals surface area contributed by atoms with E-state index in [4.69, 9.17) is 25.2 Å². The van der Waals surface area contributed by atoms with Gasteiger partial charge in [-0.1, -0.05) is 31.2 Å². The van der Waals surface area contributed by atoms with E-state index < -0.39 is 36.4 Å². The quantitative estimate of drug-likeness (QED) is 0.130. The zero-order valence-corrected chi connectivity index (χ0v) is 27.3. The molecule has 262 valence electrons. The first-order valence-electron chi connectivity index (χ1n) is 16.5. The van der Waals surface area contributed by atoms with Gasteiger partial charge in [0.05, 0.1) is 18.8 Å². The molecule has 3 atom stereocenters. The zero-order valence-electron chi connectivity index (χ0n) is 27.3. The monoisotopic (exact) mass is 678 g/mol. The van der Waals surface area contributed by atoms with Crippen LogP contribution in [0.2, 0.25) is 0 Å². The largest absolute Gasteiger partial charge is 0.508 e. The number of Topliss-reactive ketones (excluding diaryl/α,β-unsaturated/α-hetero) is 1. The van der Waals surface area contributed by atoms with Gasteiger partial charge < -0.3 is 34.8 Å². The van der Waals surface area contributed by atoms with E-state index in [0.29, 0.717) is 18.2 Å². The maximum Gasteiger partial charge on any atom is 0.336 e. The fourth-order valence-electron chi connectivity index (χ4n) is 7.15. The van der Waals surface area contributed by atoms with E-state index in [-0.39, 0.29) is 35.9 Å². The van der Waals surface area contributed by atoms with Crippen LogP contribution in [-0.2, 0) is 36.9 Å². The molecule has 1 aromatic heterocycles. The second-order valence-corrected chi connectivity index (χ2v) is 13.4. The summed E-state index contributed by atoms with van der Waals surface area (Å²) < 4.78 is 8.00. The number of aliphatic carboxylic acids is 3. The number of phenolic OH excluding ortho intramolecular Hbond substituents is 1. The molecule has 2 aromatic carbocycles. The Morgan fingerprint density at radius 2 is 1.67 bits per heavy atom. The van der Waals surface area contributed by atoms with Gasteiger partial charge in [-0.05, 0) is 73.9 Å². The molecule has 2 fully saturated rings. The van der Waals surface area contributed by atoms with Crippen LogP contribution in [0.3, 0.4) is 0 Å². The van der Waals surface area contributed by atoms with Crippen molar-refractivity contribution in [1.82, 2.24) is 9.47 Å². The van der Waals surface area contributed by atoms with Crippen molar-refractivity contribution in [2.45, 2.75) is 76.0 Å². The summed E-state index contributed by atoms with van der Waals surface area (Å²) in [7, 11) is 0. The number of likely N-dealkylation sites (tertiary alicyclic amines) is 1. The number of aromatic hydroxyl groups is 1. The Kier molecular flexibility index (Phi) is 10.7. The van der Waals surface area contributed by atoms with Gasteiger partial charge in [0.15, 0.2) is 18.0 Å². The third-order valence-electron chi connectivity index (χ3n) is 9.57. The second kappa shape index (κ2) is 14.8. The van der Waals surface area contributed by atoms with Crippen LogP contribution in [0.25, 0.3) is 10.9 Å². The number of ether oxygens (including phenoxy) is 1. The minimum atomic E-state index is -2.74. The molecule has 0 spiro atoms. The van der Waals surface area contributed by atoms with Gasteiger partial charge in [0.25, 0.3) is 0 Å². The summed E-state index contributed by atoms with van der Waals surface area (Å²) in [6, 6.07) is 13.2. The highest BCUT2D eigenvalue weighted by Gasteiger charge is 2.44. The number of piperidine rings is 1. The van der Waals surface area contributed by atoms with E-state index in [1.165, 1.54) is 47.0 Å². The van der Waals surface area contributed by atoms with Crippen molar-refractivity contribution in [2.75, 3.05) is 19.7 Å². The second-order valence-electron chi connectivity index (χ2n) is 13.4. The van der Waals surface area contributed by atoms with Gasteiger partial charge in [0.1, 0.15) is 5.75 Å². The highest BCUT2D eigenvalue weighted by Crippen LogP contribution is 2.46. The maximum absolute atomic E-state index is 13.2. The molecule has 0 unspecified atom stereocenters. The summed E-state index contributed by atoms with van der Waals surface area (Å²) in [5, 5.41) is 44.8. The van der Waals surface area contributed by atoms with Gasteiger partial charge in [-0.25, -0.2) is 4.79 Å². The molecular formula is C36H42N2O11. The van der Waals surface area contributed by atoms with Crippen LogP contribution in [0, 0.1) is 11.8 Å². The van der Waals surface area contributed by atoms with Crippen LogP contribution < -0.4 is 0 Å². The van der Waals surface area contributed by atoms with Gasteiger partial charge in [0, 0.05) is 47.7 Å². The number of nitrogens with zero attached hydrogens (tertiary/aromatic N) is 2. The van der Waals surface area contributed by atoms with Crippen molar-refractivity contribution in [3.8, 4) is 5.75 Å². The van der Waals surface area contributed by atoms with Crippen molar-refractivity contribution in [1.29, 1.82) is 0 Å². The molecule has 0 bridgehead atoms. The summed E-state index contributed by atoms with van der Waals surface area (Å²) in [6.07, 6.45) is 5.57. The lowest BCUT2D eigenvalue weighted by Gasteiger charge is -2.46. The number of ketones is 1. The molecule has 2 aliphatic carbocycles. The summed E-state index contributed by atoms with van der Waals surface area (Å²) in [6.45, 7) is 4.61. The first-order chi connectivity index (χ1) is 23.3. The maximum atomic E-state index is 13.2. The summed E-state index contributed by atoms with van der Waals surface area (Å²) in [5.74, 6) is -4.77. The lowest BCUT2D eigenvalue weighted by molar-refractivity contribution is -0.170. The molecule has 0 amide bonds. The summed E-state index contributed by atoms with van der Waals surface area (Å²) >= 11 is 0. The predicted octanol–water partition coefficient (Wildman–Crippen LogP) is 3.67. The van der Waals surface area contributed by atoms with E-state index in [1.807, 2.05) is 0 Å². The zero-order chi connectivity index (χ0) is 35.5. The first kappa shape index (κ1) is 35.6. The van der Waals surface area contributed by atoms with Crippen LogP contribution in [0.4, 0.5) is 0 Å². The minimum absolute atomic E-state index is 0.0255.